The van der Waals surface area contributed by atoms with Gasteiger partial charge in [0.05, 0.1) is 0 Å². The average molecular weight is 346 g/mol. The normalized spacial score (nSPS) is 28.5. The molecule has 2 rings (SSSR count). The molecule has 0 heterocycles. The van der Waals surface area contributed by atoms with Crippen LogP contribution in [0.1, 0.15) is 65.2 Å². The molecular formula is C18H28F2O4. The number of esters is 1. The second kappa shape index (κ2) is 7.79. The number of rotatable bonds is 7. The van der Waals surface area contributed by atoms with E-state index in [1.807, 2.05) is 0 Å². The Bertz CT molecular complexity index is 452. The van der Waals surface area contributed by atoms with Crippen molar-refractivity contribution in [2.45, 2.75) is 77.2 Å². The van der Waals surface area contributed by atoms with Gasteiger partial charge in [-0.15, -0.1) is 0 Å². The Morgan fingerprint density at radius 1 is 1.17 bits per heavy atom. The second-order valence-corrected chi connectivity index (χ2v) is 7.86. The van der Waals surface area contributed by atoms with Crippen molar-refractivity contribution >= 4 is 11.9 Å². The first-order chi connectivity index (χ1) is 11.2. The summed E-state index contributed by atoms with van der Waals surface area (Å²) < 4.78 is 32.2. The number of carbonyl (C=O) groups is 2. The molecule has 2 bridgehead atoms. The lowest BCUT2D eigenvalue weighted by molar-refractivity contribution is -0.199. The standard InChI is InChI=1S/C18H28F2O4/c1-11(2)16(18(19,20)17(22)23)24-15(21)7-6-14-9-12-4-3-5-13(8-12)10-14/h11-14,16H,3-10H2,1-2H3,(H,22,23). The van der Waals surface area contributed by atoms with Crippen molar-refractivity contribution in [1.82, 2.24) is 0 Å². The number of hydrogen-bond donors (Lipinski definition) is 1. The van der Waals surface area contributed by atoms with Crippen LogP contribution in [0, 0.1) is 23.7 Å². The Balaban J connectivity index is 1.84. The van der Waals surface area contributed by atoms with Crippen molar-refractivity contribution in [3.8, 4) is 0 Å². The van der Waals surface area contributed by atoms with Gasteiger partial charge in [0.2, 0.25) is 0 Å². The van der Waals surface area contributed by atoms with Gasteiger partial charge in [0, 0.05) is 6.42 Å². The van der Waals surface area contributed by atoms with E-state index in [9.17, 15) is 18.4 Å². The predicted molar refractivity (Wildman–Crippen MR) is 84.7 cm³/mol. The van der Waals surface area contributed by atoms with Gasteiger partial charge in [-0.1, -0.05) is 33.1 Å². The molecule has 0 radical (unpaired) electrons. The molecule has 0 saturated heterocycles. The van der Waals surface area contributed by atoms with Crippen molar-refractivity contribution < 1.29 is 28.2 Å². The van der Waals surface area contributed by atoms with E-state index in [0.29, 0.717) is 12.3 Å². The molecule has 0 amide bonds. The highest BCUT2D eigenvalue weighted by atomic mass is 19.3. The summed E-state index contributed by atoms with van der Waals surface area (Å²) in [5.41, 5.74) is 0. The van der Waals surface area contributed by atoms with Crippen molar-refractivity contribution in [1.29, 1.82) is 0 Å². The fourth-order valence-electron chi connectivity index (χ4n) is 4.38. The molecule has 0 aromatic heterocycles. The van der Waals surface area contributed by atoms with E-state index in [0.717, 1.165) is 24.7 Å². The van der Waals surface area contributed by atoms with Crippen molar-refractivity contribution in [2.75, 3.05) is 0 Å². The molecule has 3 unspecified atom stereocenters. The number of hydrogen-bond acceptors (Lipinski definition) is 3. The molecule has 6 heteroatoms. The van der Waals surface area contributed by atoms with Crippen LogP contribution in [-0.4, -0.2) is 29.1 Å². The van der Waals surface area contributed by atoms with Crippen molar-refractivity contribution in [3.05, 3.63) is 0 Å². The molecule has 0 aromatic rings. The molecule has 4 nitrogen and oxygen atoms in total. The Morgan fingerprint density at radius 3 is 2.25 bits per heavy atom. The number of fused-ring (bicyclic) bond motifs is 2. The molecule has 24 heavy (non-hydrogen) atoms. The molecule has 0 aliphatic heterocycles. The van der Waals surface area contributed by atoms with Gasteiger partial charge in [0.1, 0.15) is 0 Å². The van der Waals surface area contributed by atoms with Gasteiger partial charge in [0.15, 0.2) is 6.10 Å². The van der Waals surface area contributed by atoms with Crippen LogP contribution in [0.3, 0.4) is 0 Å². The van der Waals surface area contributed by atoms with Gasteiger partial charge in [-0.2, -0.15) is 8.78 Å². The van der Waals surface area contributed by atoms with Gasteiger partial charge in [-0.3, -0.25) is 4.79 Å². The first-order valence-corrected chi connectivity index (χ1v) is 9.00. The highest BCUT2D eigenvalue weighted by Gasteiger charge is 2.51. The first kappa shape index (κ1) is 19.1. The van der Waals surface area contributed by atoms with E-state index in [2.05, 4.69) is 0 Å². The van der Waals surface area contributed by atoms with Crippen LogP contribution in [0.5, 0.6) is 0 Å². The van der Waals surface area contributed by atoms with Crippen LogP contribution in [0.4, 0.5) is 8.78 Å². The Morgan fingerprint density at radius 2 is 1.75 bits per heavy atom. The van der Waals surface area contributed by atoms with Crippen LogP contribution in [0.2, 0.25) is 0 Å². The maximum Gasteiger partial charge on any atom is 0.378 e. The Labute approximate surface area is 141 Å². The van der Waals surface area contributed by atoms with Gasteiger partial charge < -0.3 is 9.84 Å². The van der Waals surface area contributed by atoms with Crippen molar-refractivity contribution in [3.63, 3.8) is 0 Å². The number of carboxylic acids is 1. The monoisotopic (exact) mass is 346 g/mol. The van der Waals surface area contributed by atoms with Crippen LogP contribution in [-0.2, 0) is 14.3 Å². The van der Waals surface area contributed by atoms with Crippen molar-refractivity contribution in [2.24, 2.45) is 23.7 Å². The van der Waals surface area contributed by atoms with Gasteiger partial charge in [0.25, 0.3) is 0 Å². The Kier molecular flexibility index (Phi) is 6.21. The molecule has 2 saturated carbocycles. The maximum absolute atomic E-state index is 13.7. The highest BCUT2D eigenvalue weighted by molar-refractivity contribution is 5.77. The first-order valence-electron chi connectivity index (χ1n) is 9.00. The summed E-state index contributed by atoms with van der Waals surface area (Å²) in [6.07, 6.45) is 6.15. The van der Waals surface area contributed by atoms with Gasteiger partial charge >= 0.3 is 17.9 Å². The van der Waals surface area contributed by atoms with Crippen LogP contribution < -0.4 is 0 Å². The number of ether oxygens (including phenoxy) is 1. The predicted octanol–water partition coefficient (Wildman–Crippen LogP) is 4.27. The third-order valence-corrected chi connectivity index (χ3v) is 5.49. The highest BCUT2D eigenvalue weighted by Crippen LogP contribution is 2.43. The molecular weight excluding hydrogens is 318 g/mol. The van der Waals surface area contributed by atoms with E-state index in [1.165, 1.54) is 39.5 Å². The van der Waals surface area contributed by atoms with E-state index in [-0.39, 0.29) is 6.42 Å². The van der Waals surface area contributed by atoms with Crippen LogP contribution in [0.25, 0.3) is 0 Å². The minimum absolute atomic E-state index is 0.0863. The molecule has 3 atom stereocenters. The third kappa shape index (κ3) is 4.67. The fourth-order valence-corrected chi connectivity index (χ4v) is 4.38. The molecule has 2 aliphatic rings. The van der Waals surface area contributed by atoms with Gasteiger partial charge in [-0.05, 0) is 49.4 Å². The van der Waals surface area contributed by atoms with E-state index in [4.69, 9.17) is 9.84 Å². The SMILES string of the molecule is CC(C)C(OC(=O)CCC1CC2CCCC(C2)C1)C(F)(F)C(=O)O. The zero-order valence-electron chi connectivity index (χ0n) is 14.5. The summed E-state index contributed by atoms with van der Waals surface area (Å²) in [7, 11) is 0. The minimum Gasteiger partial charge on any atom is -0.477 e. The lowest BCUT2D eigenvalue weighted by Crippen LogP contribution is -2.47. The number of aliphatic carboxylic acids is 1. The second-order valence-electron chi connectivity index (χ2n) is 7.86. The number of carbonyl (C=O) groups excluding carboxylic acids is 1. The zero-order valence-corrected chi connectivity index (χ0v) is 14.5. The number of alkyl halides is 2. The molecule has 1 N–H and O–H groups in total. The summed E-state index contributed by atoms with van der Waals surface area (Å²) in [6, 6.07) is 0. The average Bonchev–Trinajstić information content (AvgIpc) is 2.49. The Hall–Kier alpha value is -1.20. The summed E-state index contributed by atoms with van der Waals surface area (Å²) in [4.78, 5) is 22.7. The zero-order chi connectivity index (χ0) is 17.9. The fraction of sp³-hybridized carbons (Fsp3) is 0.889. The van der Waals surface area contributed by atoms with E-state index < -0.39 is 29.9 Å². The molecule has 0 spiro atoms. The topological polar surface area (TPSA) is 63.6 Å². The van der Waals surface area contributed by atoms with Crippen LogP contribution >= 0.6 is 0 Å². The molecule has 2 aliphatic carbocycles. The largest absolute Gasteiger partial charge is 0.477 e. The van der Waals surface area contributed by atoms with Crippen LogP contribution in [0.15, 0.2) is 0 Å². The molecule has 2 fully saturated rings. The van der Waals surface area contributed by atoms with Gasteiger partial charge in [-0.25, -0.2) is 4.79 Å². The number of halogens is 2. The molecule has 138 valence electrons. The molecule has 0 aromatic carbocycles. The lowest BCUT2D eigenvalue weighted by Gasteiger charge is -2.39. The number of carboxylic acid groups (broad SMARTS) is 1. The summed E-state index contributed by atoms with van der Waals surface area (Å²) in [5.74, 6) is -5.85. The smallest absolute Gasteiger partial charge is 0.378 e. The minimum atomic E-state index is -4.06. The third-order valence-electron chi connectivity index (χ3n) is 5.49. The quantitative estimate of drug-likeness (QED) is 0.699. The van der Waals surface area contributed by atoms with E-state index in [1.54, 1.807) is 0 Å². The summed E-state index contributed by atoms with van der Waals surface area (Å²) >= 11 is 0. The van der Waals surface area contributed by atoms with E-state index >= 15 is 0 Å². The summed E-state index contributed by atoms with van der Waals surface area (Å²) in [6.45, 7) is 2.86. The maximum atomic E-state index is 13.7. The lowest BCUT2D eigenvalue weighted by atomic mass is 9.67. The summed E-state index contributed by atoms with van der Waals surface area (Å²) in [5, 5.41) is 8.66.